The third kappa shape index (κ3) is 4.83. The van der Waals surface area contributed by atoms with Crippen molar-refractivity contribution in [2.75, 3.05) is 5.75 Å². The molecule has 1 rings (SSSR count). The minimum Gasteiger partial charge on any atom is -0.328 e. The highest BCUT2D eigenvalue weighted by atomic mass is 32.2. The fraction of sp³-hybridized carbons (Fsp3) is 0.500. The van der Waals surface area contributed by atoms with Gasteiger partial charge in [0, 0.05) is 6.04 Å². The van der Waals surface area contributed by atoms with Crippen LogP contribution in [0.4, 0.5) is 13.2 Å². The number of alkyl halides is 3. The van der Waals surface area contributed by atoms with Gasteiger partial charge in [-0.15, -0.1) is 0 Å². The molecule has 0 bridgehead atoms. The van der Waals surface area contributed by atoms with E-state index in [1.807, 2.05) is 0 Å². The summed E-state index contributed by atoms with van der Waals surface area (Å²) in [5.74, 6) is -0.111. The van der Waals surface area contributed by atoms with Crippen LogP contribution < -0.4 is 5.73 Å². The van der Waals surface area contributed by atoms with E-state index in [2.05, 4.69) is 0 Å². The Morgan fingerprint density at radius 2 is 1.74 bits per heavy atom. The first kappa shape index (κ1) is 16.0. The fourth-order valence-electron chi connectivity index (χ4n) is 1.56. The fourth-order valence-corrected chi connectivity index (χ4v) is 2.90. The van der Waals surface area contributed by atoms with Crippen LogP contribution >= 0.6 is 0 Å². The second kappa shape index (κ2) is 5.92. The van der Waals surface area contributed by atoms with Crippen molar-refractivity contribution >= 4 is 9.84 Å². The van der Waals surface area contributed by atoms with E-state index < -0.39 is 21.6 Å². The summed E-state index contributed by atoms with van der Waals surface area (Å²) < 4.78 is 60.7. The van der Waals surface area contributed by atoms with Gasteiger partial charge in [0.15, 0.2) is 9.84 Å². The molecule has 2 N–H and O–H groups in total. The van der Waals surface area contributed by atoms with Crippen molar-refractivity contribution in [3.63, 3.8) is 0 Å². The SMILES string of the molecule is CC(N)CCCS(=O)(=O)c1ccc(C(F)(F)F)cc1. The average molecular weight is 295 g/mol. The molecule has 0 aliphatic rings. The zero-order valence-corrected chi connectivity index (χ0v) is 11.3. The van der Waals surface area contributed by atoms with Crippen molar-refractivity contribution in [3.05, 3.63) is 29.8 Å². The second-order valence-electron chi connectivity index (χ2n) is 4.46. The van der Waals surface area contributed by atoms with Crippen molar-refractivity contribution in [1.29, 1.82) is 0 Å². The Bertz CT molecular complexity index is 507. The number of benzene rings is 1. The molecule has 19 heavy (non-hydrogen) atoms. The van der Waals surface area contributed by atoms with Gasteiger partial charge in [-0.1, -0.05) is 0 Å². The van der Waals surface area contributed by atoms with Gasteiger partial charge in [-0.2, -0.15) is 13.2 Å². The van der Waals surface area contributed by atoms with Gasteiger partial charge in [0.2, 0.25) is 0 Å². The average Bonchev–Trinajstić information content (AvgIpc) is 2.27. The number of hydrogen-bond acceptors (Lipinski definition) is 3. The van der Waals surface area contributed by atoms with Crippen molar-refractivity contribution in [2.45, 2.75) is 36.9 Å². The topological polar surface area (TPSA) is 60.2 Å². The summed E-state index contributed by atoms with van der Waals surface area (Å²) in [6.07, 6.45) is -3.52. The van der Waals surface area contributed by atoms with E-state index in [9.17, 15) is 21.6 Å². The van der Waals surface area contributed by atoms with Crippen molar-refractivity contribution < 1.29 is 21.6 Å². The van der Waals surface area contributed by atoms with Crippen LogP contribution in [0.5, 0.6) is 0 Å². The lowest BCUT2D eigenvalue weighted by atomic mass is 10.2. The van der Waals surface area contributed by atoms with Crippen LogP contribution in [-0.2, 0) is 16.0 Å². The van der Waals surface area contributed by atoms with Crippen LogP contribution in [0.2, 0.25) is 0 Å². The molecule has 108 valence electrons. The Balaban J connectivity index is 2.80. The Morgan fingerprint density at radius 3 is 2.16 bits per heavy atom. The van der Waals surface area contributed by atoms with E-state index in [1.165, 1.54) is 0 Å². The first-order chi connectivity index (χ1) is 8.63. The molecule has 1 unspecified atom stereocenters. The summed E-state index contributed by atoms with van der Waals surface area (Å²) in [6, 6.07) is 3.44. The summed E-state index contributed by atoms with van der Waals surface area (Å²) in [7, 11) is -3.54. The third-order valence-electron chi connectivity index (χ3n) is 2.61. The molecule has 0 aliphatic heterocycles. The second-order valence-corrected chi connectivity index (χ2v) is 6.57. The molecule has 0 aromatic heterocycles. The van der Waals surface area contributed by atoms with Crippen molar-refractivity contribution in [3.8, 4) is 0 Å². The Labute approximate surface area is 110 Å². The van der Waals surface area contributed by atoms with Gasteiger partial charge in [-0.3, -0.25) is 0 Å². The molecule has 0 spiro atoms. The Hall–Kier alpha value is -1.08. The van der Waals surface area contributed by atoms with E-state index >= 15 is 0 Å². The van der Waals surface area contributed by atoms with E-state index in [0.717, 1.165) is 24.3 Å². The van der Waals surface area contributed by atoms with Gasteiger partial charge in [0.05, 0.1) is 16.2 Å². The predicted octanol–water partition coefficient (Wildman–Crippen LogP) is 2.61. The Kier molecular flexibility index (Phi) is 4.98. The standard InChI is InChI=1S/C12H16F3NO2S/c1-9(16)3-2-8-19(17,18)11-6-4-10(5-7-11)12(13,14)15/h4-7,9H,2-3,8,16H2,1H3. The van der Waals surface area contributed by atoms with Gasteiger partial charge in [-0.25, -0.2) is 8.42 Å². The van der Waals surface area contributed by atoms with Crippen molar-refractivity contribution in [2.24, 2.45) is 5.73 Å². The number of sulfone groups is 1. The summed E-state index contributed by atoms with van der Waals surface area (Å²) in [5, 5.41) is 0. The summed E-state index contributed by atoms with van der Waals surface area (Å²) in [4.78, 5) is -0.0924. The number of hydrogen-bond donors (Lipinski definition) is 1. The van der Waals surface area contributed by atoms with E-state index in [-0.39, 0.29) is 16.7 Å². The molecule has 0 heterocycles. The lowest BCUT2D eigenvalue weighted by Gasteiger charge is -2.09. The first-order valence-corrected chi connectivity index (χ1v) is 7.44. The minimum atomic E-state index is -4.46. The van der Waals surface area contributed by atoms with Gasteiger partial charge in [0.1, 0.15) is 0 Å². The number of rotatable bonds is 5. The van der Waals surface area contributed by atoms with Gasteiger partial charge >= 0.3 is 6.18 Å². The molecular weight excluding hydrogens is 279 g/mol. The van der Waals surface area contributed by atoms with Crippen molar-refractivity contribution in [1.82, 2.24) is 0 Å². The maximum Gasteiger partial charge on any atom is 0.416 e. The summed E-state index contributed by atoms with van der Waals surface area (Å²) in [5.41, 5.74) is 4.65. The molecule has 0 saturated heterocycles. The lowest BCUT2D eigenvalue weighted by molar-refractivity contribution is -0.137. The molecule has 1 aromatic rings. The molecule has 1 atom stereocenters. The molecule has 0 aliphatic carbocycles. The summed E-state index contributed by atoms with van der Waals surface area (Å²) >= 11 is 0. The van der Waals surface area contributed by atoms with Gasteiger partial charge < -0.3 is 5.73 Å². The highest BCUT2D eigenvalue weighted by Gasteiger charge is 2.30. The van der Waals surface area contributed by atoms with Gasteiger partial charge in [-0.05, 0) is 44.0 Å². The van der Waals surface area contributed by atoms with E-state index in [1.54, 1.807) is 6.92 Å². The lowest BCUT2D eigenvalue weighted by Crippen LogP contribution is -2.17. The van der Waals surface area contributed by atoms with Crippen LogP contribution in [0, 0.1) is 0 Å². The van der Waals surface area contributed by atoms with Crippen LogP contribution in [-0.4, -0.2) is 20.2 Å². The minimum absolute atomic E-state index is 0.0924. The van der Waals surface area contributed by atoms with E-state index in [0.29, 0.717) is 12.8 Å². The monoisotopic (exact) mass is 295 g/mol. The normalized spacial score (nSPS) is 14.4. The van der Waals surface area contributed by atoms with E-state index in [4.69, 9.17) is 5.73 Å². The van der Waals surface area contributed by atoms with Crippen LogP contribution in [0.1, 0.15) is 25.3 Å². The largest absolute Gasteiger partial charge is 0.416 e. The number of halogens is 3. The highest BCUT2D eigenvalue weighted by Crippen LogP contribution is 2.29. The maximum atomic E-state index is 12.3. The molecule has 1 aromatic carbocycles. The first-order valence-electron chi connectivity index (χ1n) is 5.78. The van der Waals surface area contributed by atoms with Crippen LogP contribution in [0.25, 0.3) is 0 Å². The number of nitrogens with two attached hydrogens (primary N) is 1. The molecule has 0 radical (unpaired) electrons. The predicted molar refractivity (Wildman–Crippen MR) is 66.4 cm³/mol. The smallest absolute Gasteiger partial charge is 0.328 e. The molecule has 7 heteroatoms. The zero-order valence-electron chi connectivity index (χ0n) is 10.4. The molecule has 0 fully saturated rings. The highest BCUT2D eigenvalue weighted by molar-refractivity contribution is 7.91. The van der Waals surface area contributed by atoms with Crippen LogP contribution in [0.3, 0.4) is 0 Å². The Morgan fingerprint density at radius 1 is 1.21 bits per heavy atom. The zero-order chi connectivity index (χ0) is 14.7. The molecule has 0 saturated carbocycles. The molecule has 3 nitrogen and oxygen atoms in total. The maximum absolute atomic E-state index is 12.3. The summed E-state index contributed by atoms with van der Waals surface area (Å²) in [6.45, 7) is 1.77. The van der Waals surface area contributed by atoms with Crippen LogP contribution in [0.15, 0.2) is 29.2 Å². The molecular formula is C12H16F3NO2S. The van der Waals surface area contributed by atoms with Gasteiger partial charge in [0.25, 0.3) is 0 Å². The quantitative estimate of drug-likeness (QED) is 0.908. The molecule has 0 amide bonds. The third-order valence-corrected chi connectivity index (χ3v) is 4.43.